The van der Waals surface area contributed by atoms with Gasteiger partial charge in [-0.25, -0.2) is 4.68 Å². The minimum atomic E-state index is 0.372. The maximum Gasteiger partial charge on any atom is 0.239 e. The number of ether oxygens (including phenoxy) is 1. The fraction of sp³-hybridized carbons (Fsp3) is 0.385. The summed E-state index contributed by atoms with van der Waals surface area (Å²) in [5.41, 5.74) is 6.92. The maximum absolute atomic E-state index is 5.63. The van der Waals surface area contributed by atoms with Crippen LogP contribution in [0.2, 0.25) is 0 Å². The highest BCUT2D eigenvalue weighted by molar-refractivity contribution is 5.32. The van der Waals surface area contributed by atoms with Crippen molar-refractivity contribution >= 4 is 5.95 Å². The van der Waals surface area contributed by atoms with Gasteiger partial charge in [0, 0.05) is 13.0 Å². The zero-order chi connectivity index (χ0) is 12.5. The topological polar surface area (TPSA) is 66.0 Å². The van der Waals surface area contributed by atoms with E-state index in [4.69, 9.17) is 10.5 Å². The van der Waals surface area contributed by atoms with Crippen molar-refractivity contribution in [2.75, 3.05) is 12.8 Å². The van der Waals surface area contributed by atoms with Gasteiger partial charge in [0.05, 0.1) is 7.11 Å². The van der Waals surface area contributed by atoms with Gasteiger partial charge in [0.15, 0.2) is 0 Å². The minimum absolute atomic E-state index is 0.372. The number of rotatable bonds is 2. The first-order chi connectivity index (χ1) is 8.76. The first-order valence-electron chi connectivity index (χ1n) is 6.09. The number of aryl methyl sites for hydroxylation is 1. The zero-order valence-electron chi connectivity index (χ0n) is 10.3. The molecule has 0 bridgehead atoms. The van der Waals surface area contributed by atoms with Crippen molar-refractivity contribution in [2.24, 2.45) is 0 Å². The molecule has 1 atom stereocenters. The molecule has 3 rings (SSSR count). The van der Waals surface area contributed by atoms with Crippen molar-refractivity contribution in [1.82, 2.24) is 14.8 Å². The summed E-state index contributed by atoms with van der Waals surface area (Å²) in [6.45, 7) is 0.876. The van der Waals surface area contributed by atoms with Crippen LogP contribution in [0.1, 0.15) is 23.7 Å². The van der Waals surface area contributed by atoms with Crippen LogP contribution in [0, 0.1) is 0 Å². The van der Waals surface area contributed by atoms with Crippen LogP contribution in [-0.2, 0) is 13.0 Å². The molecule has 1 aromatic carbocycles. The van der Waals surface area contributed by atoms with Crippen LogP contribution in [-0.4, -0.2) is 21.9 Å². The van der Waals surface area contributed by atoms with Crippen molar-refractivity contribution in [3.63, 3.8) is 0 Å². The molecule has 0 saturated carbocycles. The summed E-state index contributed by atoms with van der Waals surface area (Å²) in [5, 5.41) is 4.17. The molecule has 2 aromatic rings. The van der Waals surface area contributed by atoms with Crippen LogP contribution in [0.15, 0.2) is 24.3 Å². The number of methoxy groups -OCH3 is 1. The Labute approximate surface area is 106 Å². The fourth-order valence-corrected chi connectivity index (χ4v) is 2.50. The summed E-state index contributed by atoms with van der Waals surface area (Å²) in [6.07, 6.45) is 1.94. The van der Waals surface area contributed by atoms with Crippen molar-refractivity contribution in [1.29, 1.82) is 0 Å². The summed E-state index contributed by atoms with van der Waals surface area (Å²) in [4.78, 5) is 4.27. The van der Waals surface area contributed by atoms with Crippen molar-refractivity contribution in [3.05, 3.63) is 35.7 Å². The van der Waals surface area contributed by atoms with Gasteiger partial charge in [-0.05, 0) is 30.0 Å². The number of hydrogen-bond donors (Lipinski definition) is 1. The van der Waals surface area contributed by atoms with E-state index in [2.05, 4.69) is 22.2 Å². The van der Waals surface area contributed by atoms with E-state index < -0.39 is 0 Å². The van der Waals surface area contributed by atoms with Gasteiger partial charge in [-0.1, -0.05) is 12.1 Å². The molecule has 1 unspecified atom stereocenters. The smallest absolute Gasteiger partial charge is 0.239 e. The summed E-state index contributed by atoms with van der Waals surface area (Å²) in [6, 6.07) is 8.23. The van der Waals surface area contributed by atoms with Gasteiger partial charge >= 0.3 is 0 Å². The molecule has 0 fully saturated rings. The third-order valence-electron chi connectivity index (χ3n) is 3.45. The molecular formula is C13H16N4O. The van der Waals surface area contributed by atoms with Gasteiger partial charge < -0.3 is 10.5 Å². The first kappa shape index (κ1) is 11.1. The number of nitrogen functional groups attached to an aromatic ring is 1. The Morgan fingerprint density at radius 1 is 1.44 bits per heavy atom. The van der Waals surface area contributed by atoms with Crippen LogP contribution in [0.5, 0.6) is 5.75 Å². The number of benzene rings is 1. The van der Waals surface area contributed by atoms with Gasteiger partial charge in [0.1, 0.15) is 11.6 Å². The predicted molar refractivity (Wildman–Crippen MR) is 68.5 cm³/mol. The number of fused-ring (bicyclic) bond motifs is 1. The molecule has 5 heteroatoms. The molecule has 2 heterocycles. The second kappa shape index (κ2) is 4.33. The van der Waals surface area contributed by atoms with Crippen molar-refractivity contribution < 1.29 is 4.74 Å². The number of nitrogens with two attached hydrogens (primary N) is 1. The Morgan fingerprint density at radius 3 is 3.17 bits per heavy atom. The van der Waals surface area contributed by atoms with Crippen LogP contribution in [0.4, 0.5) is 5.95 Å². The van der Waals surface area contributed by atoms with E-state index in [0.717, 1.165) is 31.0 Å². The van der Waals surface area contributed by atoms with Crippen LogP contribution < -0.4 is 10.5 Å². The Hall–Kier alpha value is -2.04. The second-order valence-electron chi connectivity index (χ2n) is 4.58. The monoisotopic (exact) mass is 244 g/mol. The number of nitrogens with zero attached hydrogens (tertiary/aromatic N) is 3. The highest BCUT2D eigenvalue weighted by atomic mass is 16.5. The quantitative estimate of drug-likeness (QED) is 0.871. The fourth-order valence-electron chi connectivity index (χ4n) is 2.50. The largest absolute Gasteiger partial charge is 0.497 e. The Kier molecular flexibility index (Phi) is 2.66. The third-order valence-corrected chi connectivity index (χ3v) is 3.45. The van der Waals surface area contributed by atoms with E-state index in [1.165, 1.54) is 5.56 Å². The zero-order valence-corrected chi connectivity index (χ0v) is 10.3. The lowest BCUT2D eigenvalue weighted by atomic mass is 9.90. The molecule has 0 spiro atoms. The molecule has 0 saturated heterocycles. The molecule has 0 amide bonds. The van der Waals surface area contributed by atoms with Crippen molar-refractivity contribution in [2.45, 2.75) is 25.3 Å². The molecule has 2 N–H and O–H groups in total. The van der Waals surface area contributed by atoms with Crippen molar-refractivity contribution in [3.8, 4) is 5.75 Å². The molecule has 18 heavy (non-hydrogen) atoms. The lowest BCUT2D eigenvalue weighted by Crippen LogP contribution is -2.19. The van der Waals surface area contributed by atoms with Crippen LogP contribution in [0.25, 0.3) is 0 Å². The van der Waals surface area contributed by atoms with E-state index in [1.807, 2.05) is 16.8 Å². The summed E-state index contributed by atoms with van der Waals surface area (Å²) in [5.74, 6) is 2.72. The summed E-state index contributed by atoms with van der Waals surface area (Å²) < 4.78 is 7.17. The molecule has 5 nitrogen and oxygen atoms in total. The molecule has 1 aromatic heterocycles. The van der Waals surface area contributed by atoms with Crippen LogP contribution >= 0.6 is 0 Å². The predicted octanol–water partition coefficient (Wildman–Crippen LogP) is 1.60. The van der Waals surface area contributed by atoms with Crippen LogP contribution in [0.3, 0.4) is 0 Å². The summed E-state index contributed by atoms with van der Waals surface area (Å²) >= 11 is 0. The second-order valence-corrected chi connectivity index (χ2v) is 4.58. The van der Waals surface area contributed by atoms with Gasteiger partial charge in [-0.15, -0.1) is 5.10 Å². The van der Waals surface area contributed by atoms with E-state index in [9.17, 15) is 0 Å². The first-order valence-corrected chi connectivity index (χ1v) is 6.09. The maximum atomic E-state index is 5.63. The Balaban J connectivity index is 1.86. The van der Waals surface area contributed by atoms with E-state index in [1.54, 1.807) is 7.11 Å². The SMILES string of the molecule is COc1cccc(C2CCn3nc(N)nc3C2)c1. The average molecular weight is 244 g/mol. The highest BCUT2D eigenvalue weighted by Crippen LogP contribution is 2.30. The average Bonchev–Trinajstić information content (AvgIpc) is 2.77. The summed E-state index contributed by atoms with van der Waals surface area (Å²) in [7, 11) is 1.69. The van der Waals surface area contributed by atoms with E-state index in [-0.39, 0.29) is 0 Å². The van der Waals surface area contributed by atoms with Gasteiger partial charge in [0.25, 0.3) is 0 Å². The van der Waals surface area contributed by atoms with Gasteiger partial charge in [-0.2, -0.15) is 4.98 Å². The minimum Gasteiger partial charge on any atom is -0.497 e. The third kappa shape index (κ3) is 1.92. The number of hydrogen-bond acceptors (Lipinski definition) is 4. The molecular weight excluding hydrogens is 228 g/mol. The molecule has 1 aliphatic rings. The number of aromatic nitrogens is 3. The highest BCUT2D eigenvalue weighted by Gasteiger charge is 2.22. The lowest BCUT2D eigenvalue weighted by Gasteiger charge is -2.22. The molecule has 94 valence electrons. The Morgan fingerprint density at radius 2 is 2.33 bits per heavy atom. The standard InChI is InChI=1S/C13H16N4O/c1-18-11-4-2-3-9(7-11)10-5-6-17-12(8-10)15-13(14)16-17/h2-4,7,10H,5-6,8H2,1H3,(H2,14,16). The molecule has 0 radical (unpaired) electrons. The number of anilines is 1. The van der Waals surface area contributed by atoms with Gasteiger partial charge in [0.2, 0.25) is 5.95 Å². The normalized spacial score (nSPS) is 18.4. The van der Waals surface area contributed by atoms with E-state index >= 15 is 0 Å². The molecule has 0 aliphatic carbocycles. The lowest BCUT2D eigenvalue weighted by molar-refractivity contribution is 0.409. The van der Waals surface area contributed by atoms with E-state index in [0.29, 0.717) is 11.9 Å². The van der Waals surface area contributed by atoms with Gasteiger partial charge in [-0.3, -0.25) is 0 Å². The Bertz CT molecular complexity index is 564. The molecule has 1 aliphatic heterocycles.